The minimum atomic E-state index is -3.86. The van der Waals surface area contributed by atoms with Crippen LogP contribution in [0.2, 0.25) is 0 Å². The van der Waals surface area contributed by atoms with Crippen molar-refractivity contribution in [3.63, 3.8) is 0 Å². The Hall–Kier alpha value is -2.74. The lowest BCUT2D eigenvalue weighted by Gasteiger charge is -2.11. The zero-order valence-electron chi connectivity index (χ0n) is 15.9. The summed E-state index contributed by atoms with van der Waals surface area (Å²) >= 11 is 0. The number of ether oxygens (including phenoxy) is 3. The van der Waals surface area contributed by atoms with Crippen LogP contribution < -0.4 is 19.0 Å². The van der Waals surface area contributed by atoms with Gasteiger partial charge in [-0.25, -0.2) is 0 Å². The third kappa shape index (κ3) is 5.37. The minimum absolute atomic E-state index is 0.0313. The summed E-state index contributed by atoms with van der Waals surface area (Å²) in [7, 11) is -0.882. The molecule has 7 nitrogen and oxygen atoms in total. The van der Waals surface area contributed by atoms with Crippen molar-refractivity contribution in [2.75, 3.05) is 20.8 Å². The number of hydrogen-bond donors (Lipinski definition) is 1. The Bertz CT molecular complexity index is 910. The summed E-state index contributed by atoms with van der Waals surface area (Å²) in [5.41, 5.74) is 1.47. The highest BCUT2D eigenvalue weighted by molar-refractivity contribution is 7.89. The molecule has 0 spiro atoms. The van der Waals surface area contributed by atoms with E-state index in [-0.39, 0.29) is 10.6 Å². The van der Waals surface area contributed by atoms with Crippen LogP contribution in [0.1, 0.15) is 24.5 Å². The Morgan fingerprint density at radius 1 is 1.04 bits per heavy atom. The van der Waals surface area contributed by atoms with Crippen molar-refractivity contribution in [3.8, 4) is 17.2 Å². The maximum absolute atomic E-state index is 12.5. The molecule has 2 rings (SSSR count). The molecular weight excluding hydrogens is 368 g/mol. The monoisotopic (exact) mass is 392 g/mol. The summed E-state index contributed by atoms with van der Waals surface area (Å²) < 4.78 is 41.0. The van der Waals surface area contributed by atoms with E-state index in [1.165, 1.54) is 19.4 Å². The molecule has 0 atom stereocenters. The fourth-order valence-electron chi connectivity index (χ4n) is 2.31. The first-order chi connectivity index (χ1) is 12.9. The highest BCUT2D eigenvalue weighted by Gasteiger charge is 2.18. The second kappa shape index (κ2) is 9.27. The average molecular weight is 392 g/mol. The highest BCUT2D eigenvalue weighted by atomic mass is 32.2. The van der Waals surface area contributed by atoms with E-state index in [0.29, 0.717) is 23.7 Å². The molecule has 0 saturated carbocycles. The molecule has 0 radical (unpaired) electrons. The largest absolute Gasteiger partial charge is 0.495 e. The molecule has 0 bridgehead atoms. The van der Waals surface area contributed by atoms with E-state index in [0.717, 1.165) is 12.0 Å². The number of aryl methyl sites for hydroxylation is 1. The molecule has 8 heteroatoms. The van der Waals surface area contributed by atoms with Crippen LogP contribution in [0.5, 0.6) is 17.2 Å². The molecule has 1 N–H and O–H groups in total. The van der Waals surface area contributed by atoms with Crippen molar-refractivity contribution in [1.82, 2.24) is 4.83 Å². The number of sulfonamides is 1. The lowest BCUT2D eigenvalue weighted by Crippen LogP contribution is -2.19. The lowest BCUT2D eigenvalue weighted by molar-refractivity contribution is 0.294. The first kappa shape index (κ1) is 20.6. The zero-order chi connectivity index (χ0) is 19.9. The van der Waals surface area contributed by atoms with Gasteiger partial charge in [0.15, 0.2) is 11.5 Å². The molecule has 27 heavy (non-hydrogen) atoms. The van der Waals surface area contributed by atoms with Crippen molar-refractivity contribution < 1.29 is 22.6 Å². The maximum Gasteiger partial charge on any atom is 0.280 e. The second-order valence-electron chi connectivity index (χ2n) is 5.77. The van der Waals surface area contributed by atoms with Gasteiger partial charge in [-0.2, -0.15) is 18.4 Å². The van der Waals surface area contributed by atoms with Crippen molar-refractivity contribution in [3.05, 3.63) is 47.5 Å². The molecule has 0 aliphatic carbocycles. The normalized spacial score (nSPS) is 11.4. The van der Waals surface area contributed by atoms with Crippen LogP contribution in [-0.4, -0.2) is 35.5 Å². The van der Waals surface area contributed by atoms with Crippen LogP contribution in [0.25, 0.3) is 0 Å². The molecule has 0 aromatic heterocycles. The summed E-state index contributed by atoms with van der Waals surface area (Å²) in [5.74, 6) is 1.43. The topological polar surface area (TPSA) is 86.2 Å². The van der Waals surface area contributed by atoms with Gasteiger partial charge in [0.2, 0.25) is 0 Å². The van der Waals surface area contributed by atoms with E-state index in [9.17, 15) is 8.42 Å². The van der Waals surface area contributed by atoms with Gasteiger partial charge in [0.05, 0.1) is 27.0 Å². The van der Waals surface area contributed by atoms with E-state index in [1.54, 1.807) is 44.4 Å². The lowest BCUT2D eigenvalue weighted by atomic mass is 10.2. The van der Waals surface area contributed by atoms with Gasteiger partial charge < -0.3 is 14.2 Å². The minimum Gasteiger partial charge on any atom is -0.495 e. The molecule has 146 valence electrons. The van der Waals surface area contributed by atoms with Crippen molar-refractivity contribution in [2.45, 2.75) is 25.2 Å². The number of hydrogen-bond acceptors (Lipinski definition) is 6. The summed E-state index contributed by atoms with van der Waals surface area (Å²) in [6.45, 7) is 4.36. The summed E-state index contributed by atoms with van der Waals surface area (Å²) in [6.07, 6.45) is 2.26. The van der Waals surface area contributed by atoms with Gasteiger partial charge in [-0.15, -0.1) is 0 Å². The molecular formula is C19H24N2O5S. The van der Waals surface area contributed by atoms with E-state index in [1.807, 2.05) is 6.92 Å². The Labute approximate surface area is 160 Å². The first-order valence-electron chi connectivity index (χ1n) is 8.41. The van der Waals surface area contributed by atoms with Gasteiger partial charge in [0.1, 0.15) is 10.6 Å². The third-order valence-corrected chi connectivity index (χ3v) is 4.89. The summed E-state index contributed by atoms with van der Waals surface area (Å²) in [6, 6.07) is 10.1. The molecule has 0 amide bonds. The Kier molecular flexibility index (Phi) is 7.06. The van der Waals surface area contributed by atoms with Crippen LogP contribution in [0.3, 0.4) is 0 Å². The molecule has 0 fully saturated rings. The van der Waals surface area contributed by atoms with Crippen LogP contribution in [-0.2, 0) is 10.0 Å². The smallest absolute Gasteiger partial charge is 0.280 e. The van der Waals surface area contributed by atoms with Gasteiger partial charge in [0, 0.05) is 0 Å². The number of benzene rings is 2. The van der Waals surface area contributed by atoms with E-state index < -0.39 is 10.0 Å². The predicted molar refractivity (Wildman–Crippen MR) is 104 cm³/mol. The number of rotatable bonds is 9. The first-order valence-corrected chi connectivity index (χ1v) is 9.90. The molecule has 2 aromatic carbocycles. The Balaban J connectivity index is 2.20. The highest BCUT2D eigenvalue weighted by Crippen LogP contribution is 2.28. The Morgan fingerprint density at radius 2 is 1.74 bits per heavy atom. The molecule has 2 aromatic rings. The third-order valence-electron chi connectivity index (χ3n) is 3.64. The standard InChI is InChI=1S/C19H24N2O5S/c1-5-10-26-18-12-15(7-9-16(18)24-3)13-20-21-27(22,23)19-11-14(2)6-8-17(19)25-4/h6-9,11-13,21H,5,10H2,1-4H3/b20-13+. The second-order valence-corrected chi connectivity index (χ2v) is 7.40. The molecule has 0 heterocycles. The van der Waals surface area contributed by atoms with Gasteiger partial charge in [-0.1, -0.05) is 13.0 Å². The van der Waals surface area contributed by atoms with Gasteiger partial charge in [-0.05, 0) is 54.8 Å². The fourth-order valence-corrected chi connectivity index (χ4v) is 3.36. The summed E-state index contributed by atoms with van der Waals surface area (Å²) in [4.78, 5) is 2.24. The van der Waals surface area contributed by atoms with Crippen molar-refractivity contribution in [1.29, 1.82) is 0 Å². The zero-order valence-corrected chi connectivity index (χ0v) is 16.7. The average Bonchev–Trinajstić information content (AvgIpc) is 2.66. The Morgan fingerprint density at radius 3 is 2.41 bits per heavy atom. The van der Waals surface area contributed by atoms with Crippen LogP contribution >= 0.6 is 0 Å². The summed E-state index contributed by atoms with van der Waals surface area (Å²) in [5, 5.41) is 3.86. The SMILES string of the molecule is CCCOc1cc(/C=N/NS(=O)(=O)c2cc(C)ccc2OC)ccc1OC. The van der Waals surface area contributed by atoms with Gasteiger partial charge >= 0.3 is 0 Å². The van der Waals surface area contributed by atoms with Crippen LogP contribution in [0, 0.1) is 6.92 Å². The van der Waals surface area contributed by atoms with Crippen molar-refractivity contribution >= 4 is 16.2 Å². The van der Waals surface area contributed by atoms with E-state index >= 15 is 0 Å². The predicted octanol–water partition coefficient (Wildman–Crippen LogP) is 3.11. The maximum atomic E-state index is 12.5. The number of hydrazone groups is 1. The van der Waals surface area contributed by atoms with E-state index in [2.05, 4.69) is 9.93 Å². The van der Waals surface area contributed by atoms with Gasteiger partial charge in [0.25, 0.3) is 10.0 Å². The fraction of sp³-hybridized carbons (Fsp3) is 0.316. The molecule has 0 unspecified atom stereocenters. The number of methoxy groups -OCH3 is 2. The van der Waals surface area contributed by atoms with Crippen LogP contribution in [0.4, 0.5) is 0 Å². The van der Waals surface area contributed by atoms with E-state index in [4.69, 9.17) is 14.2 Å². The molecule has 0 aliphatic heterocycles. The quantitative estimate of drug-likeness (QED) is 0.523. The van der Waals surface area contributed by atoms with Crippen LogP contribution in [0.15, 0.2) is 46.4 Å². The van der Waals surface area contributed by atoms with Crippen molar-refractivity contribution in [2.24, 2.45) is 5.10 Å². The van der Waals surface area contributed by atoms with Gasteiger partial charge in [-0.3, -0.25) is 0 Å². The number of nitrogens with zero attached hydrogens (tertiary/aromatic N) is 1. The number of nitrogens with one attached hydrogen (secondary N) is 1. The molecule has 0 aliphatic rings. The molecule has 0 saturated heterocycles.